The molecule has 5 nitrogen and oxygen atoms in total. The number of anilines is 1. The van der Waals surface area contributed by atoms with Gasteiger partial charge < -0.3 is 9.73 Å². The molecule has 6 heteroatoms. The third kappa shape index (κ3) is 3.40. The van der Waals surface area contributed by atoms with Crippen LogP contribution in [-0.2, 0) is 16.4 Å². The van der Waals surface area contributed by atoms with Crippen molar-refractivity contribution in [2.75, 3.05) is 12.4 Å². The minimum absolute atomic E-state index is 0.0503. The Kier molecular flexibility index (Phi) is 4.46. The summed E-state index contributed by atoms with van der Waals surface area (Å²) < 4.78 is 31.5. The molecule has 0 radical (unpaired) electrons. The van der Waals surface area contributed by atoms with Crippen molar-refractivity contribution in [3.8, 4) is 0 Å². The van der Waals surface area contributed by atoms with Crippen molar-refractivity contribution in [3.63, 3.8) is 0 Å². The molecule has 0 bridgehead atoms. The van der Waals surface area contributed by atoms with Crippen molar-refractivity contribution in [2.24, 2.45) is 0 Å². The lowest BCUT2D eigenvalue weighted by Crippen LogP contribution is -2.23. The van der Waals surface area contributed by atoms with Crippen LogP contribution >= 0.6 is 0 Å². The maximum atomic E-state index is 12.0. The molecule has 0 aliphatic rings. The van der Waals surface area contributed by atoms with Crippen molar-refractivity contribution in [3.05, 3.63) is 48.4 Å². The summed E-state index contributed by atoms with van der Waals surface area (Å²) in [6.07, 6.45) is 2.31. The van der Waals surface area contributed by atoms with Gasteiger partial charge in [0.05, 0.1) is 12.0 Å². The van der Waals surface area contributed by atoms with Gasteiger partial charge in [0.2, 0.25) is 10.0 Å². The van der Waals surface area contributed by atoms with Crippen LogP contribution in [0.4, 0.5) is 5.69 Å². The Hall–Kier alpha value is -1.79. The van der Waals surface area contributed by atoms with Crippen molar-refractivity contribution < 1.29 is 12.8 Å². The van der Waals surface area contributed by atoms with Gasteiger partial charge in [-0.15, -0.1) is 0 Å². The average molecular weight is 294 g/mol. The van der Waals surface area contributed by atoms with Gasteiger partial charge in [0.15, 0.2) is 0 Å². The first-order valence-electron chi connectivity index (χ1n) is 6.34. The molecule has 0 amide bonds. The van der Waals surface area contributed by atoms with E-state index in [1.807, 2.05) is 19.1 Å². The lowest BCUT2D eigenvalue weighted by atomic mass is 10.2. The molecular weight excluding hydrogens is 276 g/mol. The molecule has 0 aliphatic heterocycles. The number of hydrogen-bond donors (Lipinski definition) is 2. The quantitative estimate of drug-likeness (QED) is 0.857. The van der Waals surface area contributed by atoms with Crippen molar-refractivity contribution in [1.29, 1.82) is 0 Å². The van der Waals surface area contributed by atoms with Crippen LogP contribution in [0.5, 0.6) is 0 Å². The molecule has 0 spiro atoms. The second-order valence-electron chi connectivity index (χ2n) is 4.53. The van der Waals surface area contributed by atoms with E-state index in [0.717, 1.165) is 5.76 Å². The van der Waals surface area contributed by atoms with Crippen LogP contribution in [-0.4, -0.2) is 21.5 Å². The van der Waals surface area contributed by atoms with Gasteiger partial charge in [-0.1, -0.05) is 12.1 Å². The van der Waals surface area contributed by atoms with Gasteiger partial charge in [-0.05, 0) is 38.2 Å². The number of rotatable bonds is 6. The van der Waals surface area contributed by atoms with Crippen LogP contribution in [0.2, 0.25) is 0 Å². The zero-order valence-electron chi connectivity index (χ0n) is 11.5. The highest BCUT2D eigenvalue weighted by atomic mass is 32.2. The molecule has 2 rings (SSSR count). The van der Waals surface area contributed by atoms with Crippen LogP contribution < -0.4 is 10.0 Å². The first-order valence-corrected chi connectivity index (χ1v) is 7.83. The van der Waals surface area contributed by atoms with E-state index in [2.05, 4.69) is 10.0 Å². The standard InChI is InChI=1S/C14H18N2O3S/c1-11(10-12-6-5-9-19-12)16-13-7-3-4-8-14(13)20(17,18)15-2/h3-9,11,15-16H,10H2,1-2H3. The summed E-state index contributed by atoms with van der Waals surface area (Å²) in [6, 6.07) is 10.6. The molecule has 20 heavy (non-hydrogen) atoms. The fraction of sp³-hybridized carbons (Fsp3) is 0.286. The van der Waals surface area contributed by atoms with Crippen LogP contribution in [0.3, 0.4) is 0 Å². The normalized spacial score (nSPS) is 13.1. The number of furan rings is 1. The molecule has 0 aliphatic carbocycles. The van der Waals surface area contributed by atoms with E-state index in [1.165, 1.54) is 7.05 Å². The van der Waals surface area contributed by atoms with Gasteiger partial charge in [0.25, 0.3) is 0 Å². The summed E-state index contributed by atoms with van der Waals surface area (Å²) in [5, 5.41) is 3.21. The Labute approximate surface area is 119 Å². The molecule has 1 unspecified atom stereocenters. The highest BCUT2D eigenvalue weighted by Gasteiger charge is 2.17. The number of hydrogen-bond acceptors (Lipinski definition) is 4. The zero-order valence-corrected chi connectivity index (χ0v) is 12.3. The fourth-order valence-electron chi connectivity index (χ4n) is 1.98. The van der Waals surface area contributed by atoms with Crippen LogP contribution in [0, 0.1) is 0 Å². The average Bonchev–Trinajstić information content (AvgIpc) is 2.92. The van der Waals surface area contributed by atoms with Gasteiger partial charge in [0.1, 0.15) is 10.7 Å². The van der Waals surface area contributed by atoms with Crippen LogP contribution in [0.1, 0.15) is 12.7 Å². The van der Waals surface area contributed by atoms with E-state index >= 15 is 0 Å². The Bertz CT molecular complexity index is 651. The third-order valence-electron chi connectivity index (χ3n) is 2.93. The second kappa shape index (κ2) is 6.11. The predicted octanol–water partition coefficient (Wildman–Crippen LogP) is 2.23. The van der Waals surface area contributed by atoms with Crippen LogP contribution in [0.25, 0.3) is 0 Å². The van der Waals surface area contributed by atoms with Gasteiger partial charge in [-0.2, -0.15) is 0 Å². The lowest BCUT2D eigenvalue weighted by molar-refractivity contribution is 0.497. The summed E-state index contributed by atoms with van der Waals surface area (Å²) in [5.41, 5.74) is 0.584. The highest BCUT2D eigenvalue weighted by Crippen LogP contribution is 2.21. The molecule has 1 heterocycles. The minimum Gasteiger partial charge on any atom is -0.469 e. The Morgan fingerprint density at radius 2 is 1.95 bits per heavy atom. The number of benzene rings is 1. The van der Waals surface area contributed by atoms with E-state index in [-0.39, 0.29) is 10.9 Å². The molecule has 1 aromatic carbocycles. The highest BCUT2D eigenvalue weighted by molar-refractivity contribution is 7.89. The Morgan fingerprint density at radius 1 is 1.20 bits per heavy atom. The van der Waals surface area contributed by atoms with E-state index in [9.17, 15) is 8.42 Å². The number of para-hydroxylation sites is 1. The topological polar surface area (TPSA) is 71.3 Å². The zero-order chi connectivity index (χ0) is 14.6. The summed E-state index contributed by atoms with van der Waals surface area (Å²) in [4.78, 5) is 0.244. The molecule has 1 aromatic heterocycles. The first kappa shape index (κ1) is 14.6. The maximum Gasteiger partial charge on any atom is 0.242 e. The molecule has 108 valence electrons. The van der Waals surface area contributed by atoms with Gasteiger partial charge in [0, 0.05) is 12.5 Å². The summed E-state index contributed by atoms with van der Waals surface area (Å²) >= 11 is 0. The van der Waals surface area contributed by atoms with Gasteiger partial charge >= 0.3 is 0 Å². The van der Waals surface area contributed by atoms with Crippen molar-refractivity contribution >= 4 is 15.7 Å². The molecule has 2 aromatic rings. The molecule has 0 saturated carbocycles. The molecular formula is C14H18N2O3S. The minimum atomic E-state index is -3.47. The molecule has 1 atom stereocenters. The SMILES string of the molecule is CNS(=O)(=O)c1ccccc1NC(C)Cc1ccco1. The number of sulfonamides is 1. The monoisotopic (exact) mass is 294 g/mol. The smallest absolute Gasteiger partial charge is 0.242 e. The van der Waals surface area contributed by atoms with Crippen molar-refractivity contribution in [2.45, 2.75) is 24.3 Å². The van der Waals surface area contributed by atoms with E-state index in [0.29, 0.717) is 12.1 Å². The molecule has 0 saturated heterocycles. The Balaban J connectivity index is 2.17. The summed E-state index contributed by atoms with van der Waals surface area (Å²) in [5.74, 6) is 0.860. The number of nitrogens with one attached hydrogen (secondary N) is 2. The fourth-order valence-corrected chi connectivity index (χ4v) is 2.87. The summed E-state index contributed by atoms with van der Waals surface area (Å²) in [6.45, 7) is 1.98. The molecule has 2 N–H and O–H groups in total. The molecule has 0 fully saturated rings. The predicted molar refractivity (Wildman–Crippen MR) is 78.2 cm³/mol. The van der Waals surface area contributed by atoms with Crippen molar-refractivity contribution in [1.82, 2.24) is 4.72 Å². The third-order valence-corrected chi connectivity index (χ3v) is 4.41. The van der Waals surface area contributed by atoms with E-state index in [4.69, 9.17) is 4.42 Å². The largest absolute Gasteiger partial charge is 0.469 e. The van der Waals surface area contributed by atoms with Gasteiger partial charge in [-0.25, -0.2) is 13.1 Å². The maximum absolute atomic E-state index is 12.0. The summed E-state index contributed by atoms with van der Waals surface area (Å²) in [7, 11) is -2.07. The second-order valence-corrected chi connectivity index (χ2v) is 6.39. The van der Waals surface area contributed by atoms with E-state index in [1.54, 1.807) is 30.5 Å². The Morgan fingerprint density at radius 3 is 2.60 bits per heavy atom. The van der Waals surface area contributed by atoms with Gasteiger partial charge in [-0.3, -0.25) is 0 Å². The van der Waals surface area contributed by atoms with Crippen LogP contribution in [0.15, 0.2) is 52.0 Å². The first-order chi connectivity index (χ1) is 9.53. The lowest BCUT2D eigenvalue weighted by Gasteiger charge is -2.17. The van der Waals surface area contributed by atoms with E-state index < -0.39 is 10.0 Å².